The van der Waals surface area contributed by atoms with Crippen molar-refractivity contribution in [2.75, 3.05) is 5.88 Å². The number of aliphatic hydroxyl groups excluding tert-OH is 1. The van der Waals surface area contributed by atoms with Crippen LogP contribution in [0.15, 0.2) is 15.8 Å². The van der Waals surface area contributed by atoms with Crippen molar-refractivity contribution in [1.29, 1.82) is 0 Å². The molecule has 0 fully saturated rings. The van der Waals surface area contributed by atoms with Crippen LogP contribution in [0, 0.1) is 0 Å². The predicted molar refractivity (Wildman–Crippen MR) is 43.4 cm³/mol. The fraction of sp³-hybridized carbons (Fsp3) is 0.333. The van der Waals surface area contributed by atoms with Gasteiger partial charge in [0.15, 0.2) is 0 Å². The van der Waals surface area contributed by atoms with Crippen molar-refractivity contribution < 1.29 is 5.11 Å². The van der Waals surface area contributed by atoms with Gasteiger partial charge < -0.3 is 10.1 Å². The van der Waals surface area contributed by atoms with Crippen molar-refractivity contribution in [3.8, 4) is 0 Å². The summed E-state index contributed by atoms with van der Waals surface area (Å²) in [4.78, 5) is 25.7. The monoisotopic (exact) mass is 190 g/mol. The van der Waals surface area contributed by atoms with E-state index in [0.717, 1.165) is 6.20 Å². The van der Waals surface area contributed by atoms with Crippen LogP contribution in [0.1, 0.15) is 11.7 Å². The molecule has 0 aromatic carbocycles. The van der Waals surface area contributed by atoms with Crippen molar-refractivity contribution in [3.05, 3.63) is 32.6 Å². The number of aromatic amines is 2. The molecule has 66 valence electrons. The summed E-state index contributed by atoms with van der Waals surface area (Å²) in [6.07, 6.45) is 0.0982. The van der Waals surface area contributed by atoms with Crippen molar-refractivity contribution in [2.45, 2.75) is 6.10 Å². The number of alkyl halides is 1. The molecule has 0 aliphatic rings. The number of rotatable bonds is 2. The number of hydrogen-bond acceptors (Lipinski definition) is 3. The summed E-state index contributed by atoms with van der Waals surface area (Å²) in [5.41, 5.74) is -1.16. The lowest BCUT2D eigenvalue weighted by atomic mass is 10.2. The Labute approximate surface area is 72.0 Å². The van der Waals surface area contributed by atoms with Crippen LogP contribution < -0.4 is 11.2 Å². The van der Waals surface area contributed by atoms with E-state index in [1.54, 1.807) is 0 Å². The Morgan fingerprint density at radius 3 is 2.75 bits per heavy atom. The summed E-state index contributed by atoms with van der Waals surface area (Å²) in [6, 6.07) is 0. The molecule has 1 atom stereocenters. The zero-order valence-corrected chi connectivity index (χ0v) is 6.76. The molecule has 0 saturated carbocycles. The number of aromatic nitrogens is 2. The molecule has 1 aromatic rings. The van der Waals surface area contributed by atoms with Gasteiger partial charge in [-0.1, -0.05) is 0 Å². The maximum absolute atomic E-state index is 10.9. The third kappa shape index (κ3) is 1.75. The highest BCUT2D eigenvalue weighted by atomic mass is 35.5. The van der Waals surface area contributed by atoms with Crippen LogP contribution in [0.3, 0.4) is 0 Å². The molecule has 0 aliphatic carbocycles. The second-order valence-electron chi connectivity index (χ2n) is 2.20. The molecule has 5 nitrogen and oxygen atoms in total. The van der Waals surface area contributed by atoms with E-state index in [4.69, 9.17) is 16.7 Å². The molecule has 1 heterocycles. The van der Waals surface area contributed by atoms with E-state index in [-0.39, 0.29) is 11.4 Å². The van der Waals surface area contributed by atoms with Gasteiger partial charge in [-0.25, -0.2) is 4.79 Å². The van der Waals surface area contributed by atoms with Crippen molar-refractivity contribution >= 4 is 11.6 Å². The van der Waals surface area contributed by atoms with Gasteiger partial charge in [-0.2, -0.15) is 0 Å². The van der Waals surface area contributed by atoms with Gasteiger partial charge in [0.2, 0.25) is 0 Å². The first kappa shape index (κ1) is 9.02. The summed E-state index contributed by atoms with van der Waals surface area (Å²) >= 11 is 5.30. The van der Waals surface area contributed by atoms with Crippen molar-refractivity contribution in [2.24, 2.45) is 0 Å². The number of nitrogens with one attached hydrogen (secondary N) is 2. The summed E-state index contributed by atoms with van der Waals surface area (Å²) in [6.45, 7) is 0. The molecule has 1 rings (SSSR count). The van der Waals surface area contributed by atoms with Gasteiger partial charge in [0, 0.05) is 6.20 Å². The lowest BCUT2D eigenvalue weighted by Crippen LogP contribution is -2.26. The van der Waals surface area contributed by atoms with Gasteiger partial charge >= 0.3 is 5.69 Å². The van der Waals surface area contributed by atoms with Crippen LogP contribution in [-0.2, 0) is 0 Å². The normalized spacial score (nSPS) is 12.8. The van der Waals surface area contributed by atoms with Crippen LogP contribution in [0.25, 0.3) is 0 Å². The molecule has 0 radical (unpaired) electrons. The quantitative estimate of drug-likeness (QED) is 0.541. The smallest absolute Gasteiger partial charge is 0.325 e. The second-order valence-corrected chi connectivity index (χ2v) is 2.51. The first-order valence-electron chi connectivity index (χ1n) is 3.21. The molecule has 0 spiro atoms. The standard InChI is InChI=1S/C6H7ClN2O3/c7-1-4(10)3-2-8-6(12)9-5(3)11/h2,4,10H,1H2,(H2,8,9,11,12). The number of halogens is 1. The van der Waals surface area contributed by atoms with Crippen LogP contribution >= 0.6 is 11.6 Å². The van der Waals surface area contributed by atoms with E-state index in [1.807, 2.05) is 4.98 Å². The van der Waals surface area contributed by atoms with E-state index in [1.165, 1.54) is 0 Å². The molecule has 0 aliphatic heterocycles. The molecule has 1 aromatic heterocycles. The summed E-state index contributed by atoms with van der Waals surface area (Å²) in [5.74, 6) is -0.0882. The van der Waals surface area contributed by atoms with Gasteiger partial charge in [-0.05, 0) is 0 Å². The molecule has 0 saturated heterocycles. The zero-order valence-electron chi connectivity index (χ0n) is 6.00. The first-order valence-corrected chi connectivity index (χ1v) is 3.74. The average Bonchev–Trinajstić information content (AvgIpc) is 2.03. The van der Waals surface area contributed by atoms with E-state index in [9.17, 15) is 9.59 Å². The Bertz CT molecular complexity index is 370. The van der Waals surface area contributed by atoms with Gasteiger partial charge in [0.1, 0.15) is 0 Å². The Hall–Kier alpha value is -1.07. The van der Waals surface area contributed by atoms with Crippen LogP contribution in [0.4, 0.5) is 0 Å². The summed E-state index contributed by atoms with van der Waals surface area (Å²) in [5, 5.41) is 9.13. The molecule has 0 amide bonds. The molecular formula is C6H7ClN2O3. The fourth-order valence-electron chi connectivity index (χ4n) is 0.751. The summed E-state index contributed by atoms with van der Waals surface area (Å²) in [7, 11) is 0. The lowest BCUT2D eigenvalue weighted by Gasteiger charge is -2.03. The largest absolute Gasteiger partial charge is 0.387 e. The molecule has 12 heavy (non-hydrogen) atoms. The Morgan fingerprint density at radius 2 is 2.25 bits per heavy atom. The fourth-order valence-corrected chi connectivity index (χ4v) is 0.917. The van der Waals surface area contributed by atoms with E-state index in [0.29, 0.717) is 0 Å². The van der Waals surface area contributed by atoms with Gasteiger partial charge in [-0.15, -0.1) is 11.6 Å². The molecule has 0 bridgehead atoms. The highest BCUT2D eigenvalue weighted by molar-refractivity contribution is 6.18. The average molecular weight is 191 g/mol. The molecule has 6 heteroatoms. The highest BCUT2D eigenvalue weighted by Crippen LogP contribution is 2.05. The minimum absolute atomic E-state index is 0.0598. The molecular weight excluding hydrogens is 184 g/mol. The first-order chi connectivity index (χ1) is 5.65. The molecule has 3 N–H and O–H groups in total. The number of hydrogen-bond donors (Lipinski definition) is 3. The summed E-state index contributed by atoms with van der Waals surface area (Å²) < 4.78 is 0. The van der Waals surface area contributed by atoms with Crippen LogP contribution in [0.2, 0.25) is 0 Å². The molecule has 1 unspecified atom stereocenters. The second kappa shape index (κ2) is 3.55. The zero-order chi connectivity index (χ0) is 9.14. The van der Waals surface area contributed by atoms with Crippen LogP contribution in [-0.4, -0.2) is 21.0 Å². The van der Waals surface area contributed by atoms with Gasteiger partial charge in [-0.3, -0.25) is 9.78 Å². The van der Waals surface area contributed by atoms with Gasteiger partial charge in [0.05, 0.1) is 17.5 Å². The Balaban J connectivity index is 3.19. The highest BCUT2D eigenvalue weighted by Gasteiger charge is 2.09. The minimum atomic E-state index is -1.05. The van der Waals surface area contributed by atoms with E-state index < -0.39 is 17.4 Å². The third-order valence-corrected chi connectivity index (χ3v) is 1.65. The predicted octanol–water partition coefficient (Wildman–Crippen LogP) is -0.665. The minimum Gasteiger partial charge on any atom is -0.387 e. The third-order valence-electron chi connectivity index (χ3n) is 1.35. The maximum Gasteiger partial charge on any atom is 0.325 e. The Morgan fingerprint density at radius 1 is 1.58 bits per heavy atom. The van der Waals surface area contributed by atoms with Crippen molar-refractivity contribution in [3.63, 3.8) is 0 Å². The van der Waals surface area contributed by atoms with Crippen molar-refractivity contribution in [1.82, 2.24) is 9.97 Å². The van der Waals surface area contributed by atoms with Gasteiger partial charge in [0.25, 0.3) is 5.56 Å². The number of aliphatic hydroxyl groups is 1. The topological polar surface area (TPSA) is 85.9 Å². The van der Waals surface area contributed by atoms with E-state index >= 15 is 0 Å². The maximum atomic E-state index is 10.9. The Kier molecular flexibility index (Phi) is 2.67. The van der Waals surface area contributed by atoms with Crippen LogP contribution in [0.5, 0.6) is 0 Å². The number of H-pyrrole nitrogens is 2. The SMILES string of the molecule is O=c1[nH]cc(C(O)CCl)c(=O)[nH]1. The van der Waals surface area contributed by atoms with E-state index in [2.05, 4.69) is 4.98 Å². The lowest BCUT2D eigenvalue weighted by molar-refractivity contribution is 0.200.